The van der Waals surface area contributed by atoms with Crippen LogP contribution in [-0.4, -0.2) is 95.9 Å². The first-order valence-electron chi connectivity index (χ1n) is 45.8. The second-order valence-corrected chi connectivity index (χ2v) is 33.2. The van der Waals surface area contributed by atoms with E-state index in [2.05, 4.69) is 179 Å². The van der Waals surface area contributed by atoms with E-state index in [4.69, 9.17) is 32.3 Å². The Morgan fingerprint density at radius 1 is 0.252 bits per heavy atom. The topological polar surface area (TPSA) is 231 Å². The van der Waals surface area contributed by atoms with Crippen molar-refractivity contribution >= 4 is 33.6 Å². The number of ether oxygens (including phenoxy) is 3. The number of aliphatic hydroxyl groups is 2. The third-order valence-corrected chi connectivity index (χ3v) is 21.1. The Balaban J connectivity index is 4.46. The summed E-state index contributed by atoms with van der Waals surface area (Å²) in [5.41, 5.74) is 0. The van der Waals surface area contributed by atoms with Crippen LogP contribution in [0, 0.1) is 0 Å². The highest BCUT2D eigenvalue weighted by Gasteiger charge is 2.29. The molecule has 0 fully saturated rings. The highest BCUT2D eigenvalue weighted by molar-refractivity contribution is 7.47. The molecule has 16 nitrogen and oxygen atoms in total. The van der Waals surface area contributed by atoms with E-state index in [0.29, 0.717) is 19.3 Å². The first-order chi connectivity index (χ1) is 56.2. The molecule has 4 N–H and O–H groups in total. The highest BCUT2D eigenvalue weighted by Crippen LogP contribution is 2.45. The molecule has 0 aromatic rings. The Bertz CT molecular complexity index is 2720. The number of hydrogen-bond donors (Lipinski definition) is 4. The standard InChI is InChI=1S/C97H166O16P2/c1-4-7-10-13-16-19-22-25-28-30-32-34-36-38-40-42-44-45-47-49-50-52-54-56-58-60-63-65-68-71-74-77-80-83-95(100)107-86-92(98)87-109-114(103,104)110-88-93(99)89-111-115(105,106)112-91-94(113-97(102)85-82-79-76-73-70-67-62-27-24-21-18-15-12-9-6-3)90-108-96(101)84-81-78-75-72-69-66-64-61-59-57-55-53-51-48-46-43-41-39-37-35-33-31-29-26-23-20-17-14-11-8-5-2/h8-9,11-12,16-21,25-29,32-35,38-41,46,48,62,92-94,98-99H,4-7,10,13-15,22-24,30-31,36-37,42-45,47,49-61,63-91H2,1-3H3,(H,103,104)(H,105,106)/b11-8-,12-9-,19-16-,20-17-,21-18-,28-25-,29-26-,34-32-,35-33-,40-38-,41-39-,48-46-,62-27-. The lowest BCUT2D eigenvalue weighted by Crippen LogP contribution is -2.30. The Kier molecular flexibility index (Phi) is 84.7. The molecule has 0 aromatic carbocycles. The molecule has 0 aromatic heterocycles. The molecule has 115 heavy (non-hydrogen) atoms. The van der Waals surface area contributed by atoms with Crippen LogP contribution in [0.4, 0.5) is 0 Å². The van der Waals surface area contributed by atoms with Crippen molar-refractivity contribution in [2.24, 2.45) is 0 Å². The Morgan fingerprint density at radius 2 is 0.461 bits per heavy atom. The van der Waals surface area contributed by atoms with Crippen LogP contribution in [0.3, 0.4) is 0 Å². The molecule has 18 heteroatoms. The minimum atomic E-state index is -4.94. The molecule has 0 amide bonds. The van der Waals surface area contributed by atoms with Gasteiger partial charge in [-0.25, -0.2) is 9.13 Å². The van der Waals surface area contributed by atoms with Crippen molar-refractivity contribution < 1.29 is 75.8 Å². The summed E-state index contributed by atoms with van der Waals surface area (Å²) in [7, 11) is -9.81. The molecule has 0 spiro atoms. The average Bonchev–Trinajstić information content (AvgIpc) is 0.893. The number of aliphatic hydroxyl groups excluding tert-OH is 2. The average molecular weight is 1650 g/mol. The molecule has 0 rings (SSSR count). The van der Waals surface area contributed by atoms with Gasteiger partial charge in [0, 0.05) is 19.3 Å². The first kappa shape index (κ1) is 110. The lowest BCUT2D eigenvalue weighted by Gasteiger charge is -2.21. The normalized spacial score (nSPS) is 14.5. The van der Waals surface area contributed by atoms with Crippen molar-refractivity contribution in [2.45, 2.75) is 399 Å². The third kappa shape index (κ3) is 89.8. The summed E-state index contributed by atoms with van der Waals surface area (Å²) in [5, 5.41) is 20.7. The highest BCUT2D eigenvalue weighted by atomic mass is 31.2. The molecule has 5 unspecified atom stereocenters. The van der Waals surface area contributed by atoms with Gasteiger partial charge in [0.25, 0.3) is 0 Å². The van der Waals surface area contributed by atoms with E-state index >= 15 is 0 Å². The summed E-state index contributed by atoms with van der Waals surface area (Å²) in [6.45, 7) is 2.44. The third-order valence-electron chi connectivity index (χ3n) is 19.2. The quantitative estimate of drug-likeness (QED) is 0.0146. The van der Waals surface area contributed by atoms with E-state index in [-0.39, 0.29) is 19.3 Å². The molecular weight excluding hydrogens is 1480 g/mol. The summed E-state index contributed by atoms with van der Waals surface area (Å²) in [6, 6.07) is 0. The zero-order valence-corrected chi connectivity index (χ0v) is 74.5. The van der Waals surface area contributed by atoms with Crippen LogP contribution in [0.25, 0.3) is 0 Å². The lowest BCUT2D eigenvalue weighted by molar-refractivity contribution is -0.161. The Morgan fingerprint density at radius 3 is 0.730 bits per heavy atom. The van der Waals surface area contributed by atoms with Crippen molar-refractivity contribution in [1.29, 1.82) is 0 Å². The fraction of sp³-hybridized carbons (Fsp3) is 0.701. The maximum atomic E-state index is 13.0. The van der Waals surface area contributed by atoms with Gasteiger partial charge in [-0.1, -0.05) is 371 Å². The van der Waals surface area contributed by atoms with Gasteiger partial charge in [-0.3, -0.25) is 32.5 Å². The molecule has 0 aliphatic rings. The second-order valence-electron chi connectivity index (χ2n) is 30.3. The Labute approximate surface area is 701 Å². The molecule has 5 atom stereocenters. The zero-order chi connectivity index (χ0) is 83.6. The van der Waals surface area contributed by atoms with Crippen molar-refractivity contribution in [2.75, 3.05) is 39.6 Å². The van der Waals surface area contributed by atoms with Gasteiger partial charge >= 0.3 is 33.6 Å². The number of esters is 3. The van der Waals surface area contributed by atoms with Gasteiger partial charge in [0.15, 0.2) is 6.10 Å². The van der Waals surface area contributed by atoms with Gasteiger partial charge in [-0.05, 0) is 148 Å². The van der Waals surface area contributed by atoms with Crippen LogP contribution in [0.1, 0.15) is 380 Å². The fourth-order valence-electron chi connectivity index (χ4n) is 12.3. The second kappa shape index (κ2) is 88.5. The number of phosphoric acid groups is 2. The number of phosphoric ester groups is 2. The summed E-state index contributed by atoms with van der Waals surface area (Å²) < 4.78 is 61.4. The monoisotopic (exact) mass is 1650 g/mol. The maximum Gasteiger partial charge on any atom is 0.472 e. The molecular formula is C97H166O16P2. The van der Waals surface area contributed by atoms with E-state index in [9.17, 15) is 43.5 Å². The van der Waals surface area contributed by atoms with Gasteiger partial charge in [-0.2, -0.15) is 0 Å². The molecule has 0 radical (unpaired) electrons. The zero-order valence-electron chi connectivity index (χ0n) is 72.7. The number of allylic oxidation sites excluding steroid dienone is 26. The lowest BCUT2D eigenvalue weighted by atomic mass is 10.0. The van der Waals surface area contributed by atoms with Crippen LogP contribution < -0.4 is 0 Å². The number of unbranched alkanes of at least 4 members (excludes halogenated alkanes) is 37. The van der Waals surface area contributed by atoms with Gasteiger partial charge in [0.05, 0.1) is 26.4 Å². The van der Waals surface area contributed by atoms with Crippen LogP contribution in [0.5, 0.6) is 0 Å². The predicted molar refractivity (Wildman–Crippen MR) is 482 cm³/mol. The number of hydrogen-bond acceptors (Lipinski definition) is 14. The van der Waals surface area contributed by atoms with Crippen molar-refractivity contribution in [3.8, 4) is 0 Å². The fourth-order valence-corrected chi connectivity index (χ4v) is 13.9. The SMILES string of the molecule is CC/C=C\C/C=C\C/C=C\C/C=C\C/C=C\C/C=C\CCCCCCCCCCCCCCC(=O)OCC(COP(=O)(O)OCC(O)COP(=O)(O)OCC(O)COC(=O)CCCCCCCCCCCCCCCCCCC/C=C\C/C=C\C/C=C\C/C=C\CCCCC)OC(=O)CCCCCCC/C=C\C/C=C\C/C=C\CC. The van der Waals surface area contributed by atoms with Gasteiger partial charge in [0.1, 0.15) is 25.4 Å². The van der Waals surface area contributed by atoms with Gasteiger partial charge in [0.2, 0.25) is 0 Å². The minimum Gasteiger partial charge on any atom is -0.463 e. The van der Waals surface area contributed by atoms with E-state index in [1.54, 1.807) is 0 Å². The molecule has 660 valence electrons. The largest absolute Gasteiger partial charge is 0.472 e. The molecule has 0 heterocycles. The Hall–Kier alpha value is -4.83. The van der Waals surface area contributed by atoms with Crippen molar-refractivity contribution in [3.63, 3.8) is 0 Å². The van der Waals surface area contributed by atoms with Crippen LogP contribution in [-0.2, 0) is 55.8 Å². The molecule has 0 aliphatic carbocycles. The minimum absolute atomic E-state index is 0.0818. The summed E-state index contributed by atoms with van der Waals surface area (Å²) in [4.78, 5) is 58.9. The molecule has 0 saturated heterocycles. The van der Waals surface area contributed by atoms with E-state index in [1.165, 1.54) is 161 Å². The summed E-state index contributed by atoms with van der Waals surface area (Å²) >= 11 is 0. The van der Waals surface area contributed by atoms with Crippen LogP contribution in [0.15, 0.2) is 158 Å². The van der Waals surface area contributed by atoms with Crippen LogP contribution >= 0.6 is 15.6 Å². The molecule has 0 bridgehead atoms. The maximum absolute atomic E-state index is 13.0. The molecule has 0 aliphatic heterocycles. The predicted octanol–water partition coefficient (Wildman–Crippen LogP) is 28.1. The van der Waals surface area contributed by atoms with E-state index in [1.807, 2.05) is 0 Å². The van der Waals surface area contributed by atoms with E-state index < -0.39 is 91.5 Å². The number of rotatable bonds is 86. The molecule has 0 saturated carbocycles. The number of carbonyl (C=O) groups excluding carboxylic acids is 3. The van der Waals surface area contributed by atoms with E-state index in [0.717, 1.165) is 161 Å². The number of carbonyl (C=O) groups is 3. The van der Waals surface area contributed by atoms with Crippen molar-refractivity contribution in [1.82, 2.24) is 0 Å². The first-order valence-corrected chi connectivity index (χ1v) is 48.8. The van der Waals surface area contributed by atoms with Crippen molar-refractivity contribution in [3.05, 3.63) is 158 Å². The summed E-state index contributed by atoms with van der Waals surface area (Å²) in [5.74, 6) is -1.59. The van der Waals surface area contributed by atoms with Gasteiger partial charge < -0.3 is 34.2 Å². The smallest absolute Gasteiger partial charge is 0.463 e. The van der Waals surface area contributed by atoms with Gasteiger partial charge in [-0.15, -0.1) is 0 Å². The summed E-state index contributed by atoms with van der Waals surface area (Å²) in [6.07, 6.45) is 113. The van der Waals surface area contributed by atoms with Crippen LogP contribution in [0.2, 0.25) is 0 Å².